The minimum atomic E-state index is 0.706. The van der Waals surface area contributed by atoms with E-state index in [1.807, 2.05) is 11.3 Å². The molecular weight excluding hydrogens is 262 g/mol. The van der Waals surface area contributed by atoms with Gasteiger partial charge in [-0.3, -0.25) is 0 Å². The topological polar surface area (TPSA) is 12.0 Å². The summed E-state index contributed by atoms with van der Waals surface area (Å²) in [6, 6.07) is 6.71. The van der Waals surface area contributed by atoms with Crippen LogP contribution in [0.3, 0.4) is 0 Å². The average Bonchev–Trinajstić information content (AvgIpc) is 2.69. The third-order valence-corrected chi connectivity index (χ3v) is 4.93. The predicted molar refractivity (Wildman–Crippen MR) is 91.6 cm³/mol. The smallest absolute Gasteiger partial charge is 0.0378 e. The number of hydrogen-bond donors (Lipinski definition) is 1. The van der Waals surface area contributed by atoms with Gasteiger partial charge >= 0.3 is 0 Å². The van der Waals surface area contributed by atoms with Crippen LogP contribution in [0.4, 0.5) is 0 Å². The number of aryl methyl sites for hydroxylation is 1. The van der Waals surface area contributed by atoms with Gasteiger partial charge in [-0.25, -0.2) is 0 Å². The van der Waals surface area contributed by atoms with Crippen molar-refractivity contribution in [1.82, 2.24) is 5.32 Å². The van der Waals surface area contributed by atoms with Gasteiger partial charge < -0.3 is 5.32 Å². The molecule has 2 rings (SSSR count). The molecule has 20 heavy (non-hydrogen) atoms. The molecule has 0 amide bonds. The molecule has 0 saturated carbocycles. The Hall–Kier alpha value is -0.860. The first-order chi connectivity index (χ1) is 9.49. The lowest BCUT2D eigenvalue weighted by Crippen LogP contribution is -2.19. The van der Waals surface area contributed by atoms with E-state index in [2.05, 4.69) is 58.1 Å². The van der Waals surface area contributed by atoms with E-state index in [9.17, 15) is 0 Å². The lowest BCUT2D eigenvalue weighted by molar-refractivity contribution is 0.552. The van der Waals surface area contributed by atoms with Gasteiger partial charge in [0.15, 0.2) is 0 Å². The number of rotatable bonds is 6. The number of benzene rings is 1. The first kappa shape index (κ1) is 15.5. The second kappa shape index (κ2) is 6.73. The molecule has 0 aliphatic carbocycles. The second-order valence-electron chi connectivity index (χ2n) is 6.58. The minimum absolute atomic E-state index is 0.706. The molecule has 0 fully saturated rings. The third-order valence-electron chi connectivity index (χ3n) is 3.55. The van der Waals surface area contributed by atoms with Crippen molar-refractivity contribution in [3.05, 3.63) is 34.2 Å². The quantitative estimate of drug-likeness (QED) is 0.775. The van der Waals surface area contributed by atoms with Crippen molar-refractivity contribution in [3.8, 4) is 0 Å². The summed E-state index contributed by atoms with van der Waals surface area (Å²) in [5, 5.41) is 5.08. The first-order valence-electron chi connectivity index (χ1n) is 7.69. The summed E-state index contributed by atoms with van der Waals surface area (Å²) in [4.78, 5) is 1.53. The Labute approximate surface area is 127 Å². The van der Waals surface area contributed by atoms with E-state index < -0.39 is 0 Å². The Morgan fingerprint density at radius 1 is 1.10 bits per heavy atom. The summed E-state index contributed by atoms with van der Waals surface area (Å²) in [5.41, 5.74) is 2.98. The fraction of sp³-hybridized carbons (Fsp3) is 0.556. The number of hydrogen-bond acceptors (Lipinski definition) is 2. The molecular formula is C18H27NS. The van der Waals surface area contributed by atoms with Crippen molar-refractivity contribution < 1.29 is 0 Å². The van der Waals surface area contributed by atoms with Gasteiger partial charge in [-0.2, -0.15) is 0 Å². The van der Waals surface area contributed by atoms with Crippen molar-refractivity contribution in [2.45, 2.75) is 47.6 Å². The number of thiophene rings is 1. The van der Waals surface area contributed by atoms with E-state index in [1.165, 1.54) is 26.9 Å². The standard InChI is InChI=1S/C18H27NS/c1-12(2)9-16-15-8-6-7-14(5)18(15)20-17(16)11-19-10-13(3)4/h6-8,12-13,19H,9-11H2,1-5H3. The molecule has 1 nitrogen and oxygen atoms in total. The molecule has 0 atom stereocenters. The van der Waals surface area contributed by atoms with Gasteiger partial charge in [0.05, 0.1) is 0 Å². The van der Waals surface area contributed by atoms with Gasteiger partial charge in [-0.15, -0.1) is 11.3 Å². The second-order valence-corrected chi connectivity index (χ2v) is 7.68. The van der Waals surface area contributed by atoms with Crippen LogP contribution in [-0.4, -0.2) is 6.54 Å². The molecule has 110 valence electrons. The molecule has 1 aromatic carbocycles. The summed E-state index contributed by atoms with van der Waals surface area (Å²) in [7, 11) is 0. The Kier molecular flexibility index (Phi) is 5.22. The van der Waals surface area contributed by atoms with Crippen molar-refractivity contribution >= 4 is 21.4 Å². The lowest BCUT2D eigenvalue weighted by Gasteiger charge is -2.10. The highest BCUT2D eigenvalue weighted by molar-refractivity contribution is 7.19. The SMILES string of the molecule is Cc1cccc2c(CC(C)C)c(CNCC(C)C)sc12. The molecule has 1 N–H and O–H groups in total. The molecule has 1 aromatic heterocycles. The van der Waals surface area contributed by atoms with E-state index in [-0.39, 0.29) is 0 Å². The summed E-state index contributed by atoms with van der Waals surface area (Å²) in [6.07, 6.45) is 1.18. The lowest BCUT2D eigenvalue weighted by atomic mass is 9.99. The van der Waals surface area contributed by atoms with Crippen LogP contribution in [0.2, 0.25) is 0 Å². The molecule has 0 saturated heterocycles. The highest BCUT2D eigenvalue weighted by Crippen LogP contribution is 2.35. The van der Waals surface area contributed by atoms with Gasteiger partial charge in [-0.1, -0.05) is 45.9 Å². The van der Waals surface area contributed by atoms with Gasteiger partial charge in [0.1, 0.15) is 0 Å². The van der Waals surface area contributed by atoms with Crippen LogP contribution >= 0.6 is 11.3 Å². The van der Waals surface area contributed by atoms with E-state index in [1.54, 1.807) is 5.56 Å². The highest BCUT2D eigenvalue weighted by Gasteiger charge is 2.14. The average molecular weight is 289 g/mol. The Balaban J connectivity index is 2.33. The van der Waals surface area contributed by atoms with E-state index in [0.29, 0.717) is 11.8 Å². The first-order valence-corrected chi connectivity index (χ1v) is 8.51. The Bertz CT molecular complexity index is 566. The molecule has 0 spiro atoms. The molecule has 0 unspecified atom stereocenters. The van der Waals surface area contributed by atoms with E-state index in [4.69, 9.17) is 0 Å². The summed E-state index contributed by atoms with van der Waals surface area (Å²) in [5.74, 6) is 1.41. The maximum absolute atomic E-state index is 3.61. The molecule has 1 heterocycles. The molecule has 2 aromatic rings. The predicted octanol–water partition coefficient (Wildman–Crippen LogP) is 5.15. The van der Waals surface area contributed by atoms with Crippen LogP contribution in [0.25, 0.3) is 10.1 Å². The molecule has 0 bridgehead atoms. The zero-order valence-corrected chi connectivity index (χ0v) is 14.2. The van der Waals surface area contributed by atoms with Crippen LogP contribution in [0, 0.1) is 18.8 Å². The molecule has 2 heteroatoms. The Morgan fingerprint density at radius 3 is 2.50 bits per heavy atom. The zero-order chi connectivity index (χ0) is 14.7. The largest absolute Gasteiger partial charge is 0.312 e. The fourth-order valence-electron chi connectivity index (χ4n) is 2.61. The summed E-state index contributed by atoms with van der Waals surface area (Å²) >= 11 is 1.98. The molecule has 0 aliphatic rings. The van der Waals surface area contributed by atoms with Crippen LogP contribution < -0.4 is 5.32 Å². The monoisotopic (exact) mass is 289 g/mol. The third kappa shape index (κ3) is 3.62. The van der Waals surface area contributed by atoms with Crippen LogP contribution in [0.15, 0.2) is 18.2 Å². The van der Waals surface area contributed by atoms with Crippen LogP contribution in [-0.2, 0) is 13.0 Å². The normalized spacial score (nSPS) is 11.9. The van der Waals surface area contributed by atoms with Gasteiger partial charge in [0.2, 0.25) is 0 Å². The van der Waals surface area contributed by atoms with Gasteiger partial charge in [-0.05, 0) is 48.2 Å². The fourth-order valence-corrected chi connectivity index (χ4v) is 3.88. The minimum Gasteiger partial charge on any atom is -0.312 e. The van der Waals surface area contributed by atoms with Gasteiger partial charge in [0, 0.05) is 16.1 Å². The Morgan fingerprint density at radius 2 is 1.85 bits per heavy atom. The van der Waals surface area contributed by atoms with E-state index >= 15 is 0 Å². The highest BCUT2D eigenvalue weighted by atomic mass is 32.1. The zero-order valence-electron chi connectivity index (χ0n) is 13.4. The van der Waals surface area contributed by atoms with Crippen molar-refractivity contribution in [1.29, 1.82) is 0 Å². The maximum atomic E-state index is 3.61. The van der Waals surface area contributed by atoms with Crippen LogP contribution in [0.1, 0.15) is 43.7 Å². The van der Waals surface area contributed by atoms with E-state index in [0.717, 1.165) is 13.1 Å². The molecule has 0 radical (unpaired) electrons. The maximum Gasteiger partial charge on any atom is 0.0378 e. The number of fused-ring (bicyclic) bond motifs is 1. The number of nitrogens with one attached hydrogen (secondary N) is 1. The van der Waals surface area contributed by atoms with Crippen molar-refractivity contribution in [2.24, 2.45) is 11.8 Å². The van der Waals surface area contributed by atoms with Crippen LogP contribution in [0.5, 0.6) is 0 Å². The van der Waals surface area contributed by atoms with Gasteiger partial charge in [0.25, 0.3) is 0 Å². The molecule has 0 aliphatic heterocycles. The van der Waals surface area contributed by atoms with Crippen molar-refractivity contribution in [2.75, 3.05) is 6.54 Å². The summed E-state index contributed by atoms with van der Waals surface area (Å²) in [6.45, 7) is 13.5. The summed E-state index contributed by atoms with van der Waals surface area (Å²) < 4.78 is 1.48. The van der Waals surface area contributed by atoms with Crippen molar-refractivity contribution in [3.63, 3.8) is 0 Å².